The van der Waals surface area contributed by atoms with Crippen molar-refractivity contribution in [2.24, 2.45) is 22.9 Å². The van der Waals surface area contributed by atoms with E-state index in [1.807, 2.05) is 54.6 Å². The van der Waals surface area contributed by atoms with Crippen LogP contribution in [0, 0.1) is 17.8 Å². The van der Waals surface area contributed by atoms with E-state index in [1.54, 1.807) is 7.11 Å². The van der Waals surface area contributed by atoms with Crippen LogP contribution in [-0.2, 0) is 19.1 Å². The van der Waals surface area contributed by atoms with Gasteiger partial charge in [-0.15, -0.1) is 0 Å². The fourth-order valence-electron chi connectivity index (χ4n) is 5.62. The second-order valence-corrected chi connectivity index (χ2v) is 9.65. The molecule has 0 N–H and O–H groups in total. The van der Waals surface area contributed by atoms with Crippen molar-refractivity contribution in [1.29, 1.82) is 0 Å². The van der Waals surface area contributed by atoms with Crippen LogP contribution in [0.2, 0.25) is 0 Å². The molecule has 0 saturated heterocycles. The van der Waals surface area contributed by atoms with Crippen LogP contribution in [0.25, 0.3) is 0 Å². The highest BCUT2D eigenvalue weighted by atomic mass is 16.5. The van der Waals surface area contributed by atoms with E-state index in [4.69, 9.17) is 9.47 Å². The summed E-state index contributed by atoms with van der Waals surface area (Å²) in [6, 6.07) is 17.0. The number of ketones is 1. The van der Waals surface area contributed by atoms with Gasteiger partial charge in [-0.05, 0) is 48.9 Å². The summed E-state index contributed by atoms with van der Waals surface area (Å²) in [6.07, 6.45) is 4.39. The molecule has 7 heteroatoms. The lowest BCUT2D eigenvalue weighted by Gasteiger charge is -2.36. The summed E-state index contributed by atoms with van der Waals surface area (Å²) in [5, 5.41) is 6.08. The Morgan fingerprint density at radius 1 is 1.00 bits per heavy atom. The minimum Gasteiger partial charge on any atom is -0.497 e. The van der Waals surface area contributed by atoms with E-state index in [1.165, 1.54) is 5.01 Å². The van der Waals surface area contributed by atoms with Gasteiger partial charge < -0.3 is 9.47 Å². The number of fused-ring (bicyclic) bond motifs is 2. The van der Waals surface area contributed by atoms with Gasteiger partial charge in [-0.1, -0.05) is 48.9 Å². The number of nitrogens with zero attached hydrogens (tertiary/aromatic N) is 2. The number of esters is 1. The highest BCUT2D eigenvalue weighted by Gasteiger charge is 2.42. The number of benzene rings is 2. The Balaban J connectivity index is 1.29. The first-order chi connectivity index (χ1) is 17.0. The number of ether oxygens (including phenoxy) is 2. The Kier molecular flexibility index (Phi) is 6.66. The molecular weight excluding hydrogens is 444 g/mol. The fourth-order valence-corrected chi connectivity index (χ4v) is 5.62. The summed E-state index contributed by atoms with van der Waals surface area (Å²) in [5.41, 5.74) is 2.69. The minimum atomic E-state index is -0.379. The SMILES string of the molecule is COc1ccc([C@H]2CC(c3ccccc3)=NN2C(=O)COC(=O)C2C[C@@H]3CCC[C@@H](C2)C3=O)cc1. The normalized spacial score (nSPS) is 25.7. The Bertz CT molecular complexity index is 1110. The number of hydrogen-bond donors (Lipinski definition) is 0. The van der Waals surface area contributed by atoms with Gasteiger partial charge in [0.2, 0.25) is 0 Å². The average molecular weight is 475 g/mol. The number of methoxy groups -OCH3 is 1. The van der Waals surface area contributed by atoms with E-state index in [-0.39, 0.29) is 42.3 Å². The number of rotatable bonds is 6. The number of carbonyl (C=O) groups is 3. The quantitative estimate of drug-likeness (QED) is 0.583. The Morgan fingerprint density at radius 3 is 2.34 bits per heavy atom. The molecule has 0 spiro atoms. The maximum absolute atomic E-state index is 13.2. The minimum absolute atomic E-state index is 0.0354. The first-order valence-corrected chi connectivity index (χ1v) is 12.3. The van der Waals surface area contributed by atoms with E-state index >= 15 is 0 Å². The zero-order valence-electron chi connectivity index (χ0n) is 19.9. The number of carbonyl (C=O) groups excluding carboxylic acids is 3. The van der Waals surface area contributed by atoms with Crippen molar-refractivity contribution in [3.8, 4) is 5.75 Å². The van der Waals surface area contributed by atoms with Crippen molar-refractivity contribution < 1.29 is 23.9 Å². The monoisotopic (exact) mass is 474 g/mol. The Hall–Kier alpha value is -3.48. The maximum Gasteiger partial charge on any atom is 0.309 e. The first kappa shape index (κ1) is 23.3. The Labute approximate surface area is 205 Å². The van der Waals surface area contributed by atoms with E-state index in [0.717, 1.165) is 41.9 Å². The molecule has 3 atom stereocenters. The molecule has 1 aliphatic heterocycles. The average Bonchev–Trinajstić information content (AvgIpc) is 3.33. The van der Waals surface area contributed by atoms with E-state index in [2.05, 4.69) is 5.10 Å². The van der Waals surface area contributed by atoms with Crippen molar-refractivity contribution in [1.82, 2.24) is 5.01 Å². The van der Waals surface area contributed by atoms with Crippen molar-refractivity contribution in [3.05, 3.63) is 65.7 Å². The van der Waals surface area contributed by atoms with Crippen LogP contribution in [0.1, 0.15) is 55.7 Å². The van der Waals surface area contributed by atoms with E-state index in [0.29, 0.717) is 25.0 Å². The molecule has 2 bridgehead atoms. The van der Waals surface area contributed by atoms with Gasteiger partial charge in [0.05, 0.1) is 24.8 Å². The molecule has 2 aromatic carbocycles. The van der Waals surface area contributed by atoms with Crippen LogP contribution in [0.5, 0.6) is 5.75 Å². The standard InChI is InChI=1S/C28H30N2O5/c1-34-23-12-10-19(11-13-23)25-16-24(18-6-3-2-4-7-18)29-30(25)26(31)17-35-28(33)22-14-20-8-5-9-21(15-22)27(20)32/h2-4,6-7,10-13,20-22,25H,5,8-9,14-17H2,1H3/t20-,21-,25+/m0/s1. The summed E-state index contributed by atoms with van der Waals surface area (Å²) < 4.78 is 10.8. The third kappa shape index (κ3) is 4.85. The molecule has 0 unspecified atom stereocenters. The summed E-state index contributed by atoms with van der Waals surface area (Å²) in [7, 11) is 1.61. The second-order valence-electron chi connectivity index (χ2n) is 9.65. The third-order valence-corrected chi connectivity index (χ3v) is 7.49. The van der Waals surface area contributed by atoms with Crippen LogP contribution >= 0.6 is 0 Å². The fraction of sp³-hybridized carbons (Fsp3) is 0.429. The summed E-state index contributed by atoms with van der Waals surface area (Å²) >= 11 is 0. The molecule has 7 nitrogen and oxygen atoms in total. The van der Waals surface area contributed by atoms with E-state index < -0.39 is 0 Å². The lowest BCUT2D eigenvalue weighted by molar-refractivity contribution is -0.159. The van der Waals surface area contributed by atoms with Crippen molar-refractivity contribution in [2.75, 3.05) is 13.7 Å². The largest absolute Gasteiger partial charge is 0.497 e. The number of amides is 1. The molecule has 3 aliphatic rings. The third-order valence-electron chi connectivity index (χ3n) is 7.49. The van der Waals surface area contributed by atoms with Gasteiger partial charge in [-0.3, -0.25) is 14.4 Å². The Morgan fingerprint density at radius 2 is 1.69 bits per heavy atom. The lowest BCUT2D eigenvalue weighted by atomic mass is 9.67. The predicted octanol–water partition coefficient (Wildman–Crippen LogP) is 4.31. The highest BCUT2D eigenvalue weighted by Crippen LogP contribution is 2.40. The van der Waals surface area contributed by atoms with Gasteiger partial charge in [0.25, 0.3) is 5.91 Å². The number of Topliss-reactive ketones (excluding diaryl/α,β-unsaturated/α-hetero) is 1. The van der Waals surface area contributed by atoms with Crippen LogP contribution in [0.4, 0.5) is 0 Å². The molecule has 0 aromatic heterocycles. The van der Waals surface area contributed by atoms with Crippen LogP contribution in [0.3, 0.4) is 0 Å². The molecule has 2 fully saturated rings. The lowest BCUT2D eigenvalue weighted by Crippen LogP contribution is -2.40. The molecule has 1 heterocycles. The van der Waals surface area contributed by atoms with Crippen LogP contribution in [0.15, 0.2) is 59.7 Å². The van der Waals surface area contributed by atoms with E-state index in [9.17, 15) is 14.4 Å². The second kappa shape index (κ2) is 10.0. The van der Waals surface area contributed by atoms with Crippen LogP contribution < -0.4 is 4.74 Å². The van der Waals surface area contributed by atoms with Gasteiger partial charge in [-0.2, -0.15) is 5.10 Å². The van der Waals surface area contributed by atoms with Gasteiger partial charge >= 0.3 is 5.97 Å². The van der Waals surface area contributed by atoms with Crippen molar-refractivity contribution >= 4 is 23.4 Å². The molecule has 2 saturated carbocycles. The van der Waals surface area contributed by atoms with Gasteiger partial charge in [0.15, 0.2) is 6.61 Å². The topological polar surface area (TPSA) is 85.3 Å². The summed E-state index contributed by atoms with van der Waals surface area (Å²) in [6.45, 7) is -0.364. The molecule has 35 heavy (non-hydrogen) atoms. The molecule has 0 radical (unpaired) electrons. The molecule has 2 aliphatic carbocycles. The molecule has 5 rings (SSSR count). The molecule has 1 amide bonds. The highest BCUT2D eigenvalue weighted by molar-refractivity contribution is 6.03. The molecular formula is C28H30N2O5. The number of hydrazone groups is 1. The predicted molar refractivity (Wildman–Crippen MR) is 130 cm³/mol. The van der Waals surface area contributed by atoms with Crippen molar-refractivity contribution in [2.45, 2.75) is 44.6 Å². The van der Waals surface area contributed by atoms with Crippen molar-refractivity contribution in [3.63, 3.8) is 0 Å². The molecule has 182 valence electrons. The zero-order valence-corrected chi connectivity index (χ0v) is 19.9. The number of hydrogen-bond acceptors (Lipinski definition) is 6. The van der Waals surface area contributed by atoms with Gasteiger partial charge in [0.1, 0.15) is 11.5 Å². The maximum atomic E-state index is 13.2. The molecule has 2 aromatic rings. The van der Waals surface area contributed by atoms with Crippen LogP contribution in [-0.4, -0.2) is 42.1 Å². The smallest absolute Gasteiger partial charge is 0.309 e. The summed E-state index contributed by atoms with van der Waals surface area (Å²) in [4.78, 5) is 38.4. The zero-order chi connectivity index (χ0) is 24.4. The summed E-state index contributed by atoms with van der Waals surface area (Å²) in [5.74, 6) is -0.0850. The van der Waals surface area contributed by atoms with Gasteiger partial charge in [-0.25, -0.2) is 5.01 Å². The van der Waals surface area contributed by atoms with Gasteiger partial charge in [0, 0.05) is 18.3 Å². The first-order valence-electron chi connectivity index (χ1n) is 12.3.